The maximum atomic E-state index is 15.8. The smallest absolute Gasteiger partial charge is 0.244 e. The molecule has 0 spiro atoms. The molecular formula is C54H74N18O6. The highest BCUT2D eigenvalue weighted by atomic mass is 16.2. The van der Waals surface area contributed by atoms with Crippen molar-refractivity contribution in [2.45, 2.75) is 99.5 Å². The Morgan fingerprint density at radius 1 is 0.346 bits per heavy atom. The summed E-state index contributed by atoms with van der Waals surface area (Å²) >= 11 is 0. The van der Waals surface area contributed by atoms with Gasteiger partial charge < -0.3 is 76.1 Å². The van der Waals surface area contributed by atoms with E-state index in [0.717, 1.165) is 0 Å². The maximum absolute atomic E-state index is 15.8. The fourth-order valence-corrected chi connectivity index (χ4v) is 9.16. The zero-order chi connectivity index (χ0) is 56.4. The second-order valence-electron chi connectivity index (χ2n) is 18.7. The summed E-state index contributed by atoms with van der Waals surface area (Å²) in [5.74, 6) is -7.89. The van der Waals surface area contributed by atoms with Gasteiger partial charge in [0.1, 0.15) is 36.3 Å². The molecule has 0 aromatic heterocycles. The zero-order valence-corrected chi connectivity index (χ0v) is 43.4. The molecule has 1 aliphatic rings. The zero-order valence-electron chi connectivity index (χ0n) is 43.4. The quantitative estimate of drug-likeness (QED) is 0.0271. The third-order valence-corrected chi connectivity index (χ3v) is 12.9. The molecule has 416 valence electrons. The van der Waals surface area contributed by atoms with E-state index >= 15 is 14.4 Å². The second-order valence-corrected chi connectivity index (χ2v) is 18.7. The van der Waals surface area contributed by atoms with Crippen molar-refractivity contribution in [3.63, 3.8) is 0 Å². The van der Waals surface area contributed by atoms with E-state index in [1.165, 1.54) is 0 Å². The molecule has 4 aromatic carbocycles. The number of carbonyl (C=O) groups excluding carboxylic acids is 6. The van der Waals surface area contributed by atoms with Crippen molar-refractivity contribution >= 4 is 59.3 Å². The number of guanidine groups is 4. The molecule has 0 aliphatic carbocycles. The molecule has 24 heteroatoms. The van der Waals surface area contributed by atoms with Crippen LogP contribution in [0.15, 0.2) is 121 Å². The van der Waals surface area contributed by atoms with Crippen molar-refractivity contribution in [2.75, 3.05) is 26.2 Å². The van der Waals surface area contributed by atoms with Gasteiger partial charge in [-0.25, -0.2) is 0 Å². The van der Waals surface area contributed by atoms with Gasteiger partial charge in [-0.15, -0.1) is 0 Å². The van der Waals surface area contributed by atoms with Gasteiger partial charge in [-0.2, -0.15) is 0 Å². The third kappa shape index (κ3) is 19.2. The van der Waals surface area contributed by atoms with E-state index in [1.807, 2.05) is 72.8 Å². The molecule has 5 rings (SSSR count). The van der Waals surface area contributed by atoms with Crippen molar-refractivity contribution in [3.05, 3.63) is 144 Å². The van der Waals surface area contributed by atoms with Crippen molar-refractivity contribution < 1.29 is 28.8 Å². The molecule has 4 aromatic rings. The summed E-state index contributed by atoms with van der Waals surface area (Å²) in [6.07, 6.45) is 0.529. The number of amides is 6. The first-order valence-electron chi connectivity index (χ1n) is 25.9. The van der Waals surface area contributed by atoms with Crippen molar-refractivity contribution in [2.24, 2.45) is 22.9 Å². The molecule has 78 heavy (non-hydrogen) atoms. The third-order valence-electron chi connectivity index (χ3n) is 12.9. The van der Waals surface area contributed by atoms with E-state index < -0.39 is 83.5 Å². The Morgan fingerprint density at radius 3 is 0.795 bits per heavy atom. The monoisotopic (exact) mass is 1070 g/mol. The number of nitrogens with one attached hydrogen (secondary N) is 14. The van der Waals surface area contributed by atoms with Gasteiger partial charge in [-0.1, -0.05) is 121 Å². The first-order valence-corrected chi connectivity index (χ1v) is 25.9. The Morgan fingerprint density at radius 2 is 0.551 bits per heavy atom. The molecule has 1 heterocycles. The summed E-state index contributed by atoms with van der Waals surface area (Å²) < 4.78 is 0. The lowest BCUT2D eigenvalue weighted by molar-refractivity contribution is -0.137. The molecule has 22 N–H and O–H groups in total. The molecule has 1 aliphatic heterocycles. The summed E-state index contributed by atoms with van der Waals surface area (Å²) in [6.45, 7) is 0.495. The molecule has 24 nitrogen and oxygen atoms in total. The largest absolute Gasteiger partial charge is 0.370 e. The highest BCUT2D eigenvalue weighted by Crippen LogP contribution is 2.32. The van der Waals surface area contributed by atoms with Crippen molar-refractivity contribution in [3.8, 4) is 0 Å². The van der Waals surface area contributed by atoms with Crippen LogP contribution in [0.2, 0.25) is 0 Å². The molecule has 0 radical (unpaired) electrons. The molecule has 6 atom stereocenters. The van der Waals surface area contributed by atoms with Gasteiger partial charge in [0.2, 0.25) is 35.4 Å². The van der Waals surface area contributed by atoms with Crippen LogP contribution in [-0.4, -0.2) is 122 Å². The van der Waals surface area contributed by atoms with Crippen LogP contribution in [0.1, 0.15) is 85.5 Å². The minimum absolute atomic E-state index is 0.0486. The minimum atomic E-state index is -1.50. The van der Waals surface area contributed by atoms with Gasteiger partial charge in [-0.3, -0.25) is 50.4 Å². The Kier molecular flexibility index (Phi) is 23.7. The van der Waals surface area contributed by atoms with Gasteiger partial charge in [0.05, 0.1) is 0 Å². The average Bonchev–Trinajstić information content (AvgIpc) is 3.44. The highest BCUT2D eigenvalue weighted by Gasteiger charge is 2.41. The summed E-state index contributed by atoms with van der Waals surface area (Å²) in [7, 11) is 0. The molecule has 6 amide bonds. The van der Waals surface area contributed by atoms with Crippen LogP contribution in [0, 0.1) is 21.6 Å². The topological polar surface area (TPSA) is 422 Å². The lowest BCUT2D eigenvalue weighted by Crippen LogP contribution is -2.63. The Labute approximate surface area is 453 Å². The van der Waals surface area contributed by atoms with Gasteiger partial charge in [0.15, 0.2) is 23.8 Å². The Bertz CT molecular complexity index is 2450. The standard InChI is InChI=1S/C54H74N18O6/c55-51(56)63-29-13-25-37-45(73)67-38(26-14-30-64-52(57)58)46(74)69-40(28-16-32-66-54(61)62)48(76)71-44(42(35-21-9-3-10-22-35)36-23-11-4-12-24-36)50(78)72-43(41(33-17-5-1-6-18-33)34-19-7-2-8-20-34)49(77)70-39(47(75)68-37)27-15-31-65-53(59)60/h1-12,17-24,37-44H,13-16,25-32H2,(H,67,73)(H,68,75)(H,69,74)(H,70,77)(H,71,76)(H,72,78)(H4,55,56,63)(H4,57,58,64)(H4,59,60,65)(H4,61,62,66)/t37-,38-,39-,40-,43-,44-/m0/s1. The van der Waals surface area contributed by atoms with Crippen molar-refractivity contribution in [1.29, 1.82) is 21.6 Å². The first kappa shape index (κ1) is 59.7. The molecule has 1 saturated heterocycles. The van der Waals surface area contributed by atoms with Gasteiger partial charge >= 0.3 is 0 Å². The lowest BCUT2D eigenvalue weighted by Gasteiger charge is -2.34. The van der Waals surface area contributed by atoms with Gasteiger partial charge in [-0.05, 0) is 73.6 Å². The normalized spacial score (nSPS) is 19.5. The van der Waals surface area contributed by atoms with Gasteiger partial charge in [0.25, 0.3) is 0 Å². The second kappa shape index (κ2) is 31.0. The SMILES string of the molecule is N=C(N)NCCC[C@@H]1NC(=O)[C@H](CCCNC(=N)N)NC(=O)[C@H](CCCNC(=N)N)NC(=O)[C@H](C(c2ccccc2)c2ccccc2)NC(=O)[C@H](C(c2ccccc2)c2ccccc2)NC(=O)[C@H](CCCNC(=N)N)NC1=O. The van der Waals surface area contributed by atoms with Gasteiger partial charge in [0, 0.05) is 38.0 Å². The number of carbonyl (C=O) groups is 6. The van der Waals surface area contributed by atoms with E-state index in [2.05, 4.69) is 53.2 Å². The summed E-state index contributed by atoms with van der Waals surface area (Å²) in [5.41, 5.74) is 24.7. The number of hydrogen-bond donors (Lipinski definition) is 18. The Balaban J connectivity index is 1.74. The van der Waals surface area contributed by atoms with Crippen molar-refractivity contribution in [1.82, 2.24) is 53.2 Å². The van der Waals surface area contributed by atoms with E-state index in [1.54, 1.807) is 48.5 Å². The number of nitrogens with two attached hydrogens (primary N) is 4. The van der Waals surface area contributed by atoms with E-state index in [0.29, 0.717) is 22.3 Å². The van der Waals surface area contributed by atoms with Crippen LogP contribution < -0.4 is 76.1 Å². The Hall–Kier alpha value is -9.22. The summed E-state index contributed by atoms with van der Waals surface area (Å²) in [5, 5.41) is 58.8. The van der Waals surface area contributed by atoms with Crippen LogP contribution in [0.3, 0.4) is 0 Å². The lowest BCUT2D eigenvalue weighted by atomic mass is 9.82. The number of rotatable bonds is 22. The van der Waals surface area contributed by atoms with E-state index in [9.17, 15) is 14.4 Å². The summed E-state index contributed by atoms with van der Waals surface area (Å²) in [6, 6.07) is 27.5. The van der Waals surface area contributed by atoms with Crippen LogP contribution in [0.4, 0.5) is 0 Å². The maximum Gasteiger partial charge on any atom is 0.244 e. The molecule has 0 saturated carbocycles. The predicted molar refractivity (Wildman–Crippen MR) is 298 cm³/mol. The molecule has 0 bridgehead atoms. The highest BCUT2D eigenvalue weighted by molar-refractivity contribution is 5.99. The number of benzene rings is 4. The van der Waals surface area contributed by atoms with E-state index in [-0.39, 0.29) is 101 Å². The van der Waals surface area contributed by atoms with Crippen LogP contribution in [0.5, 0.6) is 0 Å². The molecular weight excluding hydrogens is 997 g/mol. The van der Waals surface area contributed by atoms with Crippen LogP contribution in [-0.2, 0) is 28.8 Å². The summed E-state index contributed by atoms with van der Waals surface area (Å²) in [4.78, 5) is 90.8. The molecule has 1 fully saturated rings. The van der Waals surface area contributed by atoms with Crippen LogP contribution >= 0.6 is 0 Å². The average molecular weight is 1070 g/mol. The van der Waals surface area contributed by atoms with Crippen LogP contribution in [0.25, 0.3) is 0 Å². The van der Waals surface area contributed by atoms with E-state index in [4.69, 9.17) is 44.6 Å². The fraction of sp³-hybridized carbons (Fsp3) is 0.370. The predicted octanol–water partition coefficient (Wildman–Crippen LogP) is -0.374. The first-order chi connectivity index (χ1) is 37.5. The number of hydrogen-bond acceptors (Lipinski definition) is 10. The minimum Gasteiger partial charge on any atom is -0.370 e. The fourth-order valence-electron chi connectivity index (χ4n) is 9.16. The molecule has 0 unspecified atom stereocenters.